The highest BCUT2D eigenvalue weighted by molar-refractivity contribution is 5.96. The van der Waals surface area contributed by atoms with E-state index in [9.17, 15) is 52.2 Å². The molecule has 1 aliphatic heterocycles. The Morgan fingerprint density at radius 2 is 1.45 bits per heavy atom. The van der Waals surface area contributed by atoms with E-state index in [4.69, 9.17) is 21.4 Å². The third-order valence-electron chi connectivity index (χ3n) is 10.2. The van der Waals surface area contributed by atoms with Gasteiger partial charge in [-0.1, -0.05) is 59.6 Å². The second-order valence-corrected chi connectivity index (χ2v) is 17.8. The standard InChI is InChI=1S/C41H69N9O8.C2HF3O2/c1-26(2)24-31(39(57)58)47-37(55)34(41(3,4)5)48-35(53)30(25-27-17-19-28(51)20-18-27)46-36(54)32-15-13-23-50(32)38(56)29(14-12-21-44-40(42)43)45-33(52)16-10-8-9-11-22-49(6)7;3-2(4,5)1(6)7/h17-20,26,29-32,34,51H,8-16,21-25H2,1-7H3,(H,45,52)(H,46,54)(H,47,55)(H,48,53)(H,57,58)(H4,42,43,44);(H,6,7)/t29-,30-,31-,32-,34+;/m0./s1. The number of aliphatic imine (C=N–C) groups is 1. The number of unbranched alkanes of at least 4 members (excludes halogenated alkanes) is 3. The van der Waals surface area contributed by atoms with Crippen molar-refractivity contribution in [2.24, 2.45) is 27.8 Å². The summed E-state index contributed by atoms with van der Waals surface area (Å²) >= 11 is 0. The van der Waals surface area contributed by atoms with Crippen LogP contribution in [0.3, 0.4) is 0 Å². The number of likely N-dealkylation sites (tertiary alicyclic amines) is 1. The number of rotatable bonds is 24. The maximum Gasteiger partial charge on any atom is 0.490 e. The number of carboxylic acid groups (broad SMARTS) is 2. The zero-order chi connectivity index (χ0) is 49.7. The lowest BCUT2D eigenvalue weighted by Gasteiger charge is -2.33. The Kier molecular flexibility index (Phi) is 24.4. The number of phenolic OH excluding ortho intramolecular Hbond substituents is 1. The molecule has 0 bridgehead atoms. The molecule has 0 aliphatic carbocycles. The number of carbonyl (C=O) groups is 7. The van der Waals surface area contributed by atoms with Crippen molar-refractivity contribution in [2.75, 3.05) is 33.7 Å². The van der Waals surface area contributed by atoms with Crippen LogP contribution in [0.15, 0.2) is 29.3 Å². The molecule has 22 heteroatoms. The molecule has 0 unspecified atom stereocenters. The number of nitrogens with one attached hydrogen (secondary N) is 4. The summed E-state index contributed by atoms with van der Waals surface area (Å²) in [6, 6.07) is 0.622. The van der Waals surface area contributed by atoms with E-state index in [1.165, 1.54) is 17.0 Å². The number of nitrogens with two attached hydrogens (primary N) is 2. The van der Waals surface area contributed by atoms with Crippen molar-refractivity contribution in [2.45, 2.75) is 142 Å². The molecule has 0 saturated carbocycles. The van der Waals surface area contributed by atoms with Gasteiger partial charge in [-0.05, 0) is 94.6 Å². The number of guanidine groups is 1. The van der Waals surface area contributed by atoms with Crippen LogP contribution in [-0.2, 0) is 40.0 Å². The summed E-state index contributed by atoms with van der Waals surface area (Å²) in [5.41, 5.74) is 10.7. The second-order valence-electron chi connectivity index (χ2n) is 17.8. The van der Waals surface area contributed by atoms with Gasteiger partial charge in [-0.25, -0.2) is 9.59 Å². The average molecular weight is 930 g/mol. The highest BCUT2D eigenvalue weighted by Gasteiger charge is 2.41. The summed E-state index contributed by atoms with van der Waals surface area (Å²) < 4.78 is 31.7. The molecule has 5 atom stereocenters. The smallest absolute Gasteiger partial charge is 0.490 e. The number of carbonyl (C=O) groups excluding carboxylic acids is 5. The SMILES string of the molecule is CC(C)C[C@H](NC(=O)[C@@H](NC(=O)[C@H](Cc1ccc(O)cc1)NC(=O)[C@@H]1CCCN1C(=O)[C@H](CCCN=C(N)N)NC(=O)CCCCCCN(C)C)C(C)(C)C)C(=O)O.O=C(O)C(F)(F)F. The quantitative estimate of drug-likeness (QED) is 0.0409. The fourth-order valence-electron chi connectivity index (χ4n) is 6.81. The van der Waals surface area contributed by atoms with Crippen molar-refractivity contribution < 1.29 is 62.1 Å². The van der Waals surface area contributed by atoms with E-state index >= 15 is 0 Å². The van der Waals surface area contributed by atoms with Crippen molar-refractivity contribution in [3.8, 4) is 5.75 Å². The van der Waals surface area contributed by atoms with E-state index in [1.54, 1.807) is 32.9 Å². The fraction of sp³-hybridized carbons (Fsp3) is 0.674. The Bertz CT molecular complexity index is 1750. The first-order valence-electron chi connectivity index (χ1n) is 21.7. The molecule has 0 spiro atoms. The summed E-state index contributed by atoms with van der Waals surface area (Å²) in [6.07, 6.45) is 0.317. The zero-order valence-electron chi connectivity index (χ0n) is 38.5. The van der Waals surface area contributed by atoms with Gasteiger partial charge >= 0.3 is 18.1 Å². The summed E-state index contributed by atoms with van der Waals surface area (Å²) in [6.45, 7) is 10.3. The predicted molar refractivity (Wildman–Crippen MR) is 236 cm³/mol. The number of carboxylic acids is 2. The molecule has 1 aromatic carbocycles. The number of aromatic hydroxyl groups is 1. The van der Waals surface area contributed by atoms with Crippen LogP contribution in [0.5, 0.6) is 5.75 Å². The monoisotopic (exact) mass is 930 g/mol. The van der Waals surface area contributed by atoms with Crippen LogP contribution in [0.1, 0.15) is 104 Å². The minimum absolute atomic E-state index is 0.00713. The van der Waals surface area contributed by atoms with Gasteiger partial charge in [-0.3, -0.25) is 29.0 Å². The van der Waals surface area contributed by atoms with Crippen LogP contribution in [-0.4, -0.2) is 143 Å². The number of alkyl halides is 3. The molecule has 1 aromatic rings. The minimum Gasteiger partial charge on any atom is -0.508 e. The van der Waals surface area contributed by atoms with Crippen molar-refractivity contribution in [1.82, 2.24) is 31.1 Å². The number of amides is 5. The highest BCUT2D eigenvalue weighted by Crippen LogP contribution is 2.23. The van der Waals surface area contributed by atoms with E-state index in [0.29, 0.717) is 31.2 Å². The van der Waals surface area contributed by atoms with E-state index in [0.717, 1.165) is 25.8 Å². The van der Waals surface area contributed by atoms with E-state index in [-0.39, 0.29) is 62.3 Å². The number of halogens is 3. The summed E-state index contributed by atoms with van der Waals surface area (Å²) in [4.78, 5) is 97.4. The largest absolute Gasteiger partial charge is 0.508 e. The number of hydrogen-bond donors (Lipinski definition) is 9. The van der Waals surface area contributed by atoms with Crippen LogP contribution in [0.4, 0.5) is 13.2 Å². The van der Waals surface area contributed by atoms with Gasteiger partial charge in [0.05, 0.1) is 0 Å². The maximum absolute atomic E-state index is 14.1. The molecule has 368 valence electrons. The van der Waals surface area contributed by atoms with Gasteiger partial charge in [0.25, 0.3) is 0 Å². The number of nitrogens with zero attached hydrogens (tertiary/aromatic N) is 3. The van der Waals surface area contributed by atoms with E-state index < -0.39 is 77.4 Å². The predicted octanol–water partition coefficient (Wildman–Crippen LogP) is 2.24. The van der Waals surface area contributed by atoms with Gasteiger partial charge in [-0.15, -0.1) is 0 Å². The molecule has 1 fully saturated rings. The Labute approximate surface area is 378 Å². The molecule has 0 radical (unpaired) electrons. The molecule has 2 rings (SSSR count). The topological polar surface area (TPSA) is 299 Å². The first-order chi connectivity index (χ1) is 30.1. The molecule has 65 heavy (non-hydrogen) atoms. The zero-order valence-corrected chi connectivity index (χ0v) is 38.5. The fourth-order valence-corrected chi connectivity index (χ4v) is 6.81. The average Bonchev–Trinajstić information content (AvgIpc) is 3.69. The van der Waals surface area contributed by atoms with Crippen molar-refractivity contribution in [3.63, 3.8) is 0 Å². The Morgan fingerprint density at radius 3 is 1.97 bits per heavy atom. The summed E-state index contributed by atoms with van der Waals surface area (Å²) in [5, 5.41) is 37.8. The van der Waals surface area contributed by atoms with Gasteiger partial charge < -0.3 is 57.9 Å². The lowest BCUT2D eigenvalue weighted by Crippen LogP contribution is -2.61. The van der Waals surface area contributed by atoms with Crippen LogP contribution >= 0.6 is 0 Å². The van der Waals surface area contributed by atoms with Gasteiger partial charge in [0.1, 0.15) is 36.0 Å². The Balaban J connectivity index is 0.00000277. The van der Waals surface area contributed by atoms with Crippen molar-refractivity contribution >= 4 is 47.4 Å². The first kappa shape index (κ1) is 57.3. The molecule has 11 N–H and O–H groups in total. The van der Waals surface area contributed by atoms with Crippen LogP contribution in [0.25, 0.3) is 0 Å². The van der Waals surface area contributed by atoms with E-state index in [2.05, 4.69) is 31.2 Å². The Hall–Kier alpha value is -5.67. The van der Waals surface area contributed by atoms with Gasteiger partial charge in [0.2, 0.25) is 29.5 Å². The summed E-state index contributed by atoms with van der Waals surface area (Å²) in [7, 11) is 4.03. The highest BCUT2D eigenvalue weighted by atomic mass is 19.4. The lowest BCUT2D eigenvalue weighted by molar-refractivity contribution is -0.192. The Morgan fingerprint density at radius 1 is 0.846 bits per heavy atom. The van der Waals surface area contributed by atoms with Crippen molar-refractivity contribution in [1.29, 1.82) is 0 Å². The van der Waals surface area contributed by atoms with Gasteiger partial charge in [0, 0.05) is 25.9 Å². The molecule has 1 saturated heterocycles. The number of aliphatic carboxylic acids is 2. The minimum atomic E-state index is -5.08. The first-order valence-corrected chi connectivity index (χ1v) is 21.7. The van der Waals surface area contributed by atoms with Gasteiger partial charge in [0.15, 0.2) is 5.96 Å². The number of benzene rings is 1. The lowest BCUT2D eigenvalue weighted by atomic mass is 9.85. The van der Waals surface area contributed by atoms with Crippen LogP contribution in [0.2, 0.25) is 0 Å². The molecule has 0 aromatic heterocycles. The second kappa shape index (κ2) is 27.6. The molecule has 5 amide bonds. The van der Waals surface area contributed by atoms with E-state index in [1.807, 2.05) is 27.9 Å². The molecule has 1 aliphatic rings. The maximum atomic E-state index is 14.1. The van der Waals surface area contributed by atoms with Gasteiger partial charge in [-0.2, -0.15) is 13.2 Å². The van der Waals surface area contributed by atoms with Crippen molar-refractivity contribution in [3.05, 3.63) is 29.8 Å². The van der Waals surface area contributed by atoms with Crippen LogP contribution < -0.4 is 32.7 Å². The third kappa shape index (κ3) is 22.7. The molecule has 1 heterocycles. The molecule has 19 nitrogen and oxygen atoms in total. The molecular weight excluding hydrogens is 860 g/mol. The third-order valence-corrected chi connectivity index (χ3v) is 10.2. The number of hydrogen-bond acceptors (Lipinski definition) is 10. The normalized spacial score (nSPS) is 15.7. The number of phenols is 1. The van der Waals surface area contributed by atoms with Crippen LogP contribution in [0, 0.1) is 11.3 Å². The summed E-state index contributed by atoms with van der Waals surface area (Å²) in [5.74, 6) is -6.74. The molecular formula is C43H70F3N9O10.